The number of hydrogen-bond acceptors (Lipinski definition) is 3. The molecule has 2 aromatic rings. The van der Waals surface area contributed by atoms with E-state index in [0.717, 1.165) is 39.4 Å². The van der Waals surface area contributed by atoms with Crippen LogP contribution in [0.25, 0.3) is 0 Å². The van der Waals surface area contributed by atoms with E-state index >= 15 is 0 Å². The molecule has 0 atom stereocenters. The van der Waals surface area contributed by atoms with Gasteiger partial charge in [0, 0.05) is 28.1 Å². The molecule has 1 saturated heterocycles. The molecular formula is C18H17BrClNO2S. The number of benzene rings is 2. The molecule has 2 aromatic carbocycles. The Morgan fingerprint density at radius 1 is 1.21 bits per heavy atom. The fourth-order valence-corrected chi connectivity index (χ4v) is 3.40. The van der Waals surface area contributed by atoms with Crippen LogP contribution < -0.4 is 4.74 Å². The number of nitrogens with zero attached hydrogens (tertiary/aromatic N) is 1. The highest BCUT2D eigenvalue weighted by molar-refractivity contribution is 9.10. The van der Waals surface area contributed by atoms with Gasteiger partial charge >= 0.3 is 0 Å². The van der Waals surface area contributed by atoms with Crippen molar-refractivity contribution in [3.63, 3.8) is 0 Å². The van der Waals surface area contributed by atoms with Gasteiger partial charge in [0.25, 0.3) is 0 Å². The van der Waals surface area contributed by atoms with Gasteiger partial charge in [0.15, 0.2) is 0 Å². The van der Waals surface area contributed by atoms with Crippen LogP contribution in [-0.2, 0) is 11.3 Å². The highest BCUT2D eigenvalue weighted by Crippen LogP contribution is 2.27. The Bertz CT molecular complexity index is 735. The maximum absolute atomic E-state index is 6.20. The van der Waals surface area contributed by atoms with Crippen molar-refractivity contribution >= 4 is 44.7 Å². The summed E-state index contributed by atoms with van der Waals surface area (Å²) in [5.41, 5.74) is 1.86. The Balaban J connectivity index is 1.80. The first-order valence-corrected chi connectivity index (χ1v) is 9.26. The Labute approximate surface area is 160 Å². The van der Waals surface area contributed by atoms with E-state index in [2.05, 4.69) is 20.8 Å². The predicted molar refractivity (Wildman–Crippen MR) is 104 cm³/mol. The van der Waals surface area contributed by atoms with E-state index in [9.17, 15) is 0 Å². The Morgan fingerprint density at radius 3 is 2.71 bits per heavy atom. The summed E-state index contributed by atoms with van der Waals surface area (Å²) in [5, 5.41) is 0.701. The topological polar surface area (TPSA) is 21.7 Å². The molecule has 0 unspecified atom stereocenters. The summed E-state index contributed by atoms with van der Waals surface area (Å²) >= 11 is 15.4. The molecule has 1 heterocycles. The van der Waals surface area contributed by atoms with E-state index in [1.54, 1.807) is 0 Å². The molecule has 126 valence electrons. The van der Waals surface area contributed by atoms with Gasteiger partial charge in [-0.05, 0) is 24.3 Å². The third kappa shape index (κ3) is 4.28. The van der Waals surface area contributed by atoms with Gasteiger partial charge in [-0.2, -0.15) is 0 Å². The van der Waals surface area contributed by atoms with Gasteiger partial charge < -0.3 is 14.4 Å². The quantitative estimate of drug-likeness (QED) is 0.661. The largest absolute Gasteiger partial charge is 0.488 e. The fourth-order valence-electron chi connectivity index (χ4n) is 2.50. The lowest BCUT2D eigenvalue weighted by Gasteiger charge is -2.30. The summed E-state index contributed by atoms with van der Waals surface area (Å²) in [6.07, 6.45) is 0. The number of hydrogen-bond donors (Lipinski definition) is 0. The number of ether oxygens (including phenoxy) is 2. The molecular weight excluding hydrogens is 410 g/mol. The SMILES string of the molecule is S=C(c1cc(Br)ccc1OCc1ccccc1Cl)N1CCOCC1. The molecule has 0 bridgehead atoms. The average Bonchev–Trinajstić information content (AvgIpc) is 2.62. The lowest BCUT2D eigenvalue weighted by Crippen LogP contribution is -2.40. The number of morpholine rings is 1. The molecule has 3 nitrogen and oxygen atoms in total. The first-order valence-electron chi connectivity index (χ1n) is 7.68. The van der Waals surface area contributed by atoms with Gasteiger partial charge in [-0.25, -0.2) is 0 Å². The van der Waals surface area contributed by atoms with E-state index in [0.29, 0.717) is 24.8 Å². The summed E-state index contributed by atoms with van der Waals surface area (Å²) < 4.78 is 12.4. The van der Waals surface area contributed by atoms with Crippen molar-refractivity contribution in [1.29, 1.82) is 0 Å². The van der Waals surface area contributed by atoms with Crippen molar-refractivity contribution in [2.24, 2.45) is 0 Å². The smallest absolute Gasteiger partial charge is 0.130 e. The zero-order chi connectivity index (χ0) is 16.9. The second-order valence-corrected chi connectivity index (χ2v) is 7.13. The van der Waals surface area contributed by atoms with Crippen molar-refractivity contribution in [2.75, 3.05) is 26.3 Å². The van der Waals surface area contributed by atoms with Gasteiger partial charge in [0.1, 0.15) is 17.3 Å². The maximum atomic E-state index is 6.20. The molecule has 0 saturated carbocycles. The average molecular weight is 427 g/mol. The molecule has 6 heteroatoms. The number of halogens is 2. The van der Waals surface area contributed by atoms with Crippen molar-refractivity contribution < 1.29 is 9.47 Å². The van der Waals surface area contributed by atoms with E-state index < -0.39 is 0 Å². The molecule has 1 fully saturated rings. The van der Waals surface area contributed by atoms with Crippen LogP contribution in [0.3, 0.4) is 0 Å². The lowest BCUT2D eigenvalue weighted by atomic mass is 10.1. The van der Waals surface area contributed by atoms with Crippen molar-refractivity contribution in [3.8, 4) is 5.75 Å². The molecule has 0 amide bonds. The van der Waals surface area contributed by atoms with Gasteiger partial charge in [0.05, 0.1) is 18.8 Å². The summed E-state index contributed by atoms with van der Waals surface area (Å²) in [6.45, 7) is 3.40. The van der Waals surface area contributed by atoms with Crippen LogP contribution in [0.1, 0.15) is 11.1 Å². The van der Waals surface area contributed by atoms with E-state index in [1.807, 2.05) is 42.5 Å². The monoisotopic (exact) mass is 425 g/mol. The van der Waals surface area contributed by atoms with Crippen LogP contribution in [0.15, 0.2) is 46.9 Å². The van der Waals surface area contributed by atoms with Gasteiger partial charge in [-0.15, -0.1) is 0 Å². The van der Waals surface area contributed by atoms with Crippen LogP contribution in [0.2, 0.25) is 5.02 Å². The summed E-state index contributed by atoms with van der Waals surface area (Å²) in [4.78, 5) is 2.94. The first kappa shape index (κ1) is 17.7. The summed E-state index contributed by atoms with van der Waals surface area (Å²) in [5.74, 6) is 0.759. The molecule has 3 rings (SSSR count). The highest BCUT2D eigenvalue weighted by atomic mass is 79.9. The van der Waals surface area contributed by atoms with Crippen molar-refractivity contribution in [3.05, 3.63) is 63.1 Å². The molecule has 0 N–H and O–H groups in total. The van der Waals surface area contributed by atoms with Crippen LogP contribution in [0, 0.1) is 0 Å². The zero-order valence-electron chi connectivity index (χ0n) is 13.0. The molecule has 0 aromatic heterocycles. The summed E-state index contributed by atoms with van der Waals surface area (Å²) in [6, 6.07) is 13.6. The Kier molecular flexibility index (Phi) is 6.11. The molecule has 1 aliphatic heterocycles. The normalized spacial score (nSPS) is 14.5. The van der Waals surface area contributed by atoms with Crippen molar-refractivity contribution in [2.45, 2.75) is 6.61 Å². The van der Waals surface area contributed by atoms with Crippen LogP contribution >= 0.6 is 39.7 Å². The van der Waals surface area contributed by atoms with Gasteiger partial charge in [-0.1, -0.05) is 57.9 Å². The Hall–Kier alpha value is -1.14. The third-order valence-electron chi connectivity index (χ3n) is 3.81. The second-order valence-electron chi connectivity index (χ2n) is 5.43. The highest BCUT2D eigenvalue weighted by Gasteiger charge is 2.19. The van der Waals surface area contributed by atoms with Gasteiger partial charge in [0.2, 0.25) is 0 Å². The molecule has 1 aliphatic rings. The second kappa shape index (κ2) is 8.30. The minimum absolute atomic E-state index is 0.403. The fraction of sp³-hybridized carbons (Fsp3) is 0.278. The third-order valence-corrected chi connectivity index (χ3v) is 5.15. The number of rotatable bonds is 4. The van der Waals surface area contributed by atoms with E-state index in [-0.39, 0.29) is 0 Å². The minimum atomic E-state index is 0.403. The summed E-state index contributed by atoms with van der Waals surface area (Å²) in [7, 11) is 0. The molecule has 0 aliphatic carbocycles. The number of thiocarbonyl (C=S) groups is 1. The van der Waals surface area contributed by atoms with Crippen molar-refractivity contribution in [1.82, 2.24) is 4.90 Å². The standard InChI is InChI=1S/C18H17BrClNO2S/c19-14-5-6-17(23-12-13-3-1-2-4-16(13)20)15(11-14)18(24)21-7-9-22-10-8-21/h1-6,11H,7-10,12H2. The van der Waals surface area contributed by atoms with E-state index in [1.165, 1.54) is 0 Å². The molecule has 0 radical (unpaired) electrons. The first-order chi connectivity index (χ1) is 11.6. The molecule has 0 spiro atoms. The van der Waals surface area contributed by atoms with Crippen LogP contribution in [-0.4, -0.2) is 36.2 Å². The predicted octanol–water partition coefficient (Wildman–Crippen LogP) is 4.69. The minimum Gasteiger partial charge on any atom is -0.488 e. The van der Waals surface area contributed by atoms with Crippen LogP contribution in [0.5, 0.6) is 5.75 Å². The van der Waals surface area contributed by atoms with E-state index in [4.69, 9.17) is 33.3 Å². The Morgan fingerprint density at radius 2 is 1.96 bits per heavy atom. The zero-order valence-corrected chi connectivity index (χ0v) is 16.2. The maximum Gasteiger partial charge on any atom is 0.130 e. The molecule has 24 heavy (non-hydrogen) atoms. The lowest BCUT2D eigenvalue weighted by molar-refractivity contribution is 0.0692. The van der Waals surface area contributed by atoms with Crippen LogP contribution in [0.4, 0.5) is 0 Å². The van der Waals surface area contributed by atoms with Gasteiger partial charge in [-0.3, -0.25) is 0 Å².